The molecule has 3 nitrogen and oxygen atoms in total. The number of halogens is 1. The molecule has 0 unspecified atom stereocenters. The van der Waals surface area contributed by atoms with Crippen LogP contribution in [0.5, 0.6) is 5.75 Å². The van der Waals surface area contributed by atoms with Gasteiger partial charge in [-0.1, -0.05) is 34.1 Å². The van der Waals surface area contributed by atoms with Gasteiger partial charge in [0.15, 0.2) is 0 Å². The molecule has 3 rings (SSSR count). The van der Waals surface area contributed by atoms with Crippen molar-refractivity contribution in [2.45, 2.75) is 13.1 Å². The first kappa shape index (κ1) is 14.2. The highest BCUT2D eigenvalue weighted by Crippen LogP contribution is 2.26. The molecular formula is C17H17BrN2O. The number of aromatic nitrogens is 1. The Bertz CT molecular complexity index is 780. The zero-order valence-corrected chi connectivity index (χ0v) is 13.4. The van der Waals surface area contributed by atoms with Gasteiger partial charge in [0.05, 0.1) is 7.11 Å². The maximum atomic E-state index is 5.86. The summed E-state index contributed by atoms with van der Waals surface area (Å²) in [7, 11) is 1.69. The maximum absolute atomic E-state index is 5.86. The number of nitrogens with zero attached hydrogens (tertiary/aromatic N) is 1. The molecule has 0 bridgehead atoms. The van der Waals surface area contributed by atoms with E-state index in [0.29, 0.717) is 6.54 Å². The molecule has 0 aliphatic rings. The molecule has 0 aliphatic heterocycles. The lowest BCUT2D eigenvalue weighted by Crippen LogP contribution is -2.00. The van der Waals surface area contributed by atoms with Crippen molar-refractivity contribution >= 4 is 26.8 Å². The summed E-state index contributed by atoms with van der Waals surface area (Å²) in [6, 6.07) is 14.4. The zero-order chi connectivity index (χ0) is 14.8. The largest absolute Gasteiger partial charge is 0.497 e. The third-order valence-electron chi connectivity index (χ3n) is 3.68. The molecular weight excluding hydrogens is 328 g/mol. The molecule has 0 atom stereocenters. The SMILES string of the molecule is COc1ccc(Br)c(Cn2cc(CN)c3ccccc32)c1. The quantitative estimate of drug-likeness (QED) is 0.779. The number of benzene rings is 2. The van der Waals surface area contributed by atoms with E-state index in [-0.39, 0.29) is 0 Å². The lowest BCUT2D eigenvalue weighted by molar-refractivity contribution is 0.414. The van der Waals surface area contributed by atoms with Crippen molar-refractivity contribution < 1.29 is 4.74 Å². The minimum Gasteiger partial charge on any atom is -0.497 e. The summed E-state index contributed by atoms with van der Waals surface area (Å²) >= 11 is 3.61. The summed E-state index contributed by atoms with van der Waals surface area (Å²) in [6.45, 7) is 1.32. The average Bonchev–Trinajstić information content (AvgIpc) is 2.88. The molecule has 1 heterocycles. The fourth-order valence-electron chi connectivity index (χ4n) is 2.60. The second kappa shape index (κ2) is 5.92. The molecule has 0 aliphatic carbocycles. The maximum Gasteiger partial charge on any atom is 0.119 e. The molecule has 3 aromatic rings. The van der Waals surface area contributed by atoms with E-state index in [1.165, 1.54) is 22.0 Å². The van der Waals surface area contributed by atoms with E-state index in [1.807, 2.05) is 18.2 Å². The number of para-hydroxylation sites is 1. The van der Waals surface area contributed by atoms with Crippen LogP contribution in [0.1, 0.15) is 11.1 Å². The van der Waals surface area contributed by atoms with Crippen LogP contribution in [-0.2, 0) is 13.1 Å². The van der Waals surface area contributed by atoms with Crippen LogP contribution >= 0.6 is 15.9 Å². The van der Waals surface area contributed by atoms with Gasteiger partial charge in [-0.05, 0) is 35.4 Å². The van der Waals surface area contributed by atoms with Crippen LogP contribution in [0.25, 0.3) is 10.9 Å². The Balaban J connectivity index is 2.06. The third kappa shape index (κ3) is 2.69. The van der Waals surface area contributed by atoms with E-state index < -0.39 is 0 Å². The van der Waals surface area contributed by atoms with Crippen LogP contribution in [0.4, 0.5) is 0 Å². The van der Waals surface area contributed by atoms with Gasteiger partial charge in [-0.3, -0.25) is 0 Å². The lowest BCUT2D eigenvalue weighted by Gasteiger charge is -2.09. The second-order valence-electron chi connectivity index (χ2n) is 4.96. The van der Waals surface area contributed by atoms with E-state index in [0.717, 1.165) is 16.8 Å². The first-order valence-electron chi connectivity index (χ1n) is 6.82. The van der Waals surface area contributed by atoms with Crippen LogP contribution in [0.2, 0.25) is 0 Å². The highest BCUT2D eigenvalue weighted by atomic mass is 79.9. The zero-order valence-electron chi connectivity index (χ0n) is 11.8. The average molecular weight is 345 g/mol. The van der Waals surface area contributed by atoms with Gasteiger partial charge in [-0.15, -0.1) is 0 Å². The summed E-state index contributed by atoms with van der Waals surface area (Å²) in [6.07, 6.45) is 2.14. The van der Waals surface area contributed by atoms with E-state index >= 15 is 0 Å². The van der Waals surface area contributed by atoms with Crippen LogP contribution < -0.4 is 10.5 Å². The number of hydrogen-bond acceptors (Lipinski definition) is 2. The number of hydrogen-bond donors (Lipinski definition) is 1. The Morgan fingerprint density at radius 1 is 1.14 bits per heavy atom. The minimum atomic E-state index is 0.548. The summed E-state index contributed by atoms with van der Waals surface area (Å²) in [4.78, 5) is 0. The summed E-state index contributed by atoms with van der Waals surface area (Å²) in [5, 5.41) is 1.22. The van der Waals surface area contributed by atoms with Crippen molar-refractivity contribution in [2.24, 2.45) is 5.73 Å². The monoisotopic (exact) mass is 344 g/mol. The van der Waals surface area contributed by atoms with Gasteiger partial charge >= 0.3 is 0 Å². The molecule has 0 fully saturated rings. The van der Waals surface area contributed by atoms with E-state index in [1.54, 1.807) is 7.11 Å². The minimum absolute atomic E-state index is 0.548. The van der Waals surface area contributed by atoms with Gasteiger partial charge in [0.2, 0.25) is 0 Å². The molecule has 0 saturated carbocycles. The highest BCUT2D eigenvalue weighted by Gasteiger charge is 2.09. The summed E-state index contributed by atoms with van der Waals surface area (Å²) in [5.41, 5.74) is 9.41. The highest BCUT2D eigenvalue weighted by molar-refractivity contribution is 9.10. The van der Waals surface area contributed by atoms with E-state index in [9.17, 15) is 0 Å². The Labute approximate surface area is 132 Å². The summed E-state index contributed by atoms with van der Waals surface area (Å²) < 4.78 is 8.62. The van der Waals surface area contributed by atoms with Gasteiger partial charge in [0.25, 0.3) is 0 Å². The molecule has 0 spiro atoms. The van der Waals surface area contributed by atoms with Gasteiger partial charge in [-0.2, -0.15) is 0 Å². The normalized spacial score (nSPS) is 11.0. The van der Waals surface area contributed by atoms with Crippen molar-refractivity contribution in [3.05, 3.63) is 64.3 Å². The van der Waals surface area contributed by atoms with E-state index in [2.05, 4.69) is 51.0 Å². The number of nitrogens with two attached hydrogens (primary N) is 1. The number of ether oxygens (including phenoxy) is 1. The van der Waals surface area contributed by atoms with Crippen LogP contribution in [0.15, 0.2) is 53.1 Å². The van der Waals surface area contributed by atoms with Gasteiger partial charge < -0.3 is 15.0 Å². The first-order chi connectivity index (χ1) is 10.2. The van der Waals surface area contributed by atoms with Gasteiger partial charge in [-0.25, -0.2) is 0 Å². The Kier molecular flexibility index (Phi) is 3.99. The molecule has 2 aromatic carbocycles. The molecule has 21 heavy (non-hydrogen) atoms. The molecule has 0 radical (unpaired) electrons. The first-order valence-corrected chi connectivity index (χ1v) is 7.61. The Hall–Kier alpha value is -1.78. The molecule has 4 heteroatoms. The number of fused-ring (bicyclic) bond motifs is 1. The van der Waals surface area contributed by atoms with Crippen molar-refractivity contribution in [1.82, 2.24) is 4.57 Å². The third-order valence-corrected chi connectivity index (χ3v) is 4.46. The van der Waals surface area contributed by atoms with Crippen LogP contribution in [0.3, 0.4) is 0 Å². The smallest absolute Gasteiger partial charge is 0.119 e. The number of methoxy groups -OCH3 is 1. The standard InChI is InChI=1S/C17H17BrN2O/c1-21-14-6-7-16(18)12(8-14)10-20-11-13(9-19)15-4-2-3-5-17(15)20/h2-8,11H,9-10,19H2,1H3. The fraction of sp³-hybridized carbons (Fsp3) is 0.176. The Morgan fingerprint density at radius 3 is 2.71 bits per heavy atom. The van der Waals surface area contributed by atoms with Crippen molar-refractivity contribution in [1.29, 1.82) is 0 Å². The summed E-state index contributed by atoms with van der Waals surface area (Å²) in [5.74, 6) is 0.865. The number of rotatable bonds is 4. The predicted molar refractivity (Wildman–Crippen MR) is 89.6 cm³/mol. The Morgan fingerprint density at radius 2 is 1.95 bits per heavy atom. The van der Waals surface area contributed by atoms with Crippen molar-refractivity contribution in [2.75, 3.05) is 7.11 Å². The molecule has 2 N–H and O–H groups in total. The predicted octanol–water partition coefficient (Wildman–Crippen LogP) is 3.92. The molecule has 108 valence electrons. The molecule has 0 saturated heterocycles. The van der Waals surface area contributed by atoms with Crippen LogP contribution in [0, 0.1) is 0 Å². The van der Waals surface area contributed by atoms with Gasteiger partial charge in [0, 0.05) is 34.7 Å². The van der Waals surface area contributed by atoms with Crippen LogP contribution in [-0.4, -0.2) is 11.7 Å². The van der Waals surface area contributed by atoms with Crippen molar-refractivity contribution in [3.8, 4) is 5.75 Å². The van der Waals surface area contributed by atoms with Crippen molar-refractivity contribution in [3.63, 3.8) is 0 Å². The lowest BCUT2D eigenvalue weighted by atomic mass is 10.2. The fourth-order valence-corrected chi connectivity index (χ4v) is 2.97. The van der Waals surface area contributed by atoms with Gasteiger partial charge in [0.1, 0.15) is 5.75 Å². The molecule has 1 aromatic heterocycles. The second-order valence-corrected chi connectivity index (χ2v) is 5.82. The topological polar surface area (TPSA) is 40.2 Å². The molecule has 0 amide bonds. The van der Waals surface area contributed by atoms with E-state index in [4.69, 9.17) is 10.5 Å².